The first-order chi connectivity index (χ1) is 18.1. The Kier molecular flexibility index (Phi) is 6.78. The standard InChI is InChI=1S/C29H38N4O4/c1-3-37-29(35)27(31-36-2)26-28(34)33(23-11-7-6-10-22(23)30-26)25-17-20-12-13-24(25)32(20)21-15-18-8-4-5-9-19(14-18)16-21/h6-7,10-11,18-21,24-25H,3-5,8-9,12-17H2,1-2H3/b31-27-/t18?,19?,20-,21?,24+,25+/m0/s1. The monoisotopic (exact) mass is 506 g/mol. The summed E-state index contributed by atoms with van der Waals surface area (Å²) in [5, 5.41) is 3.88. The lowest BCUT2D eigenvalue weighted by molar-refractivity contribution is -0.135. The van der Waals surface area contributed by atoms with E-state index in [2.05, 4.69) is 15.0 Å². The number of para-hydroxylation sites is 2. The van der Waals surface area contributed by atoms with Crippen molar-refractivity contribution in [3.8, 4) is 0 Å². The van der Waals surface area contributed by atoms with Gasteiger partial charge in [-0.3, -0.25) is 9.69 Å². The number of nitrogens with zero attached hydrogens (tertiary/aromatic N) is 4. The van der Waals surface area contributed by atoms with Crippen molar-refractivity contribution in [2.24, 2.45) is 17.0 Å². The smallest absolute Gasteiger partial charge is 0.362 e. The first-order valence-electron chi connectivity index (χ1n) is 14.2. The highest BCUT2D eigenvalue weighted by atomic mass is 16.6. The topological polar surface area (TPSA) is 86.0 Å². The van der Waals surface area contributed by atoms with Crippen molar-refractivity contribution in [3.05, 3.63) is 40.3 Å². The van der Waals surface area contributed by atoms with Crippen LogP contribution in [0, 0.1) is 11.8 Å². The molecule has 4 fully saturated rings. The lowest BCUT2D eigenvalue weighted by atomic mass is 9.77. The first-order valence-corrected chi connectivity index (χ1v) is 14.2. The van der Waals surface area contributed by atoms with Gasteiger partial charge in [0.15, 0.2) is 5.69 Å². The van der Waals surface area contributed by atoms with Gasteiger partial charge in [0.1, 0.15) is 7.11 Å². The van der Waals surface area contributed by atoms with Crippen molar-refractivity contribution in [2.75, 3.05) is 13.7 Å². The minimum Gasteiger partial charge on any atom is -0.461 e. The Hall–Kier alpha value is -2.74. The molecule has 2 unspecified atom stereocenters. The number of aromatic nitrogens is 2. The average molecular weight is 507 g/mol. The Labute approximate surface area is 218 Å². The Balaban J connectivity index is 1.40. The second-order valence-electron chi connectivity index (χ2n) is 11.4. The number of hydrogen-bond acceptors (Lipinski definition) is 7. The third-order valence-corrected chi connectivity index (χ3v) is 9.33. The van der Waals surface area contributed by atoms with Crippen LogP contribution in [0.5, 0.6) is 0 Å². The highest BCUT2D eigenvalue weighted by Crippen LogP contribution is 2.50. The van der Waals surface area contributed by atoms with Crippen LogP contribution in [0.2, 0.25) is 0 Å². The number of esters is 1. The van der Waals surface area contributed by atoms with E-state index < -0.39 is 5.97 Å². The summed E-state index contributed by atoms with van der Waals surface area (Å²) in [7, 11) is 1.36. The molecule has 1 aromatic carbocycles. The minimum atomic E-state index is -0.699. The van der Waals surface area contributed by atoms with E-state index in [1.54, 1.807) is 6.92 Å². The Morgan fingerprint density at radius 1 is 1.00 bits per heavy atom. The maximum atomic E-state index is 14.1. The maximum Gasteiger partial charge on any atom is 0.362 e. The van der Waals surface area contributed by atoms with Crippen LogP contribution in [-0.2, 0) is 14.4 Å². The number of oxime groups is 1. The predicted molar refractivity (Wildman–Crippen MR) is 142 cm³/mol. The number of ether oxygens (including phenoxy) is 1. The molecule has 5 atom stereocenters. The first kappa shape index (κ1) is 24.6. The van der Waals surface area contributed by atoms with Gasteiger partial charge < -0.3 is 14.1 Å². The molecule has 2 aliphatic carbocycles. The predicted octanol–water partition coefficient (Wildman–Crippen LogP) is 4.45. The van der Waals surface area contributed by atoms with Crippen molar-refractivity contribution in [3.63, 3.8) is 0 Å². The molecule has 4 bridgehead atoms. The normalized spacial score (nSPS) is 31.9. The largest absolute Gasteiger partial charge is 0.461 e. The fourth-order valence-electron chi connectivity index (χ4n) is 8.06. The minimum absolute atomic E-state index is 0.00277. The molecule has 8 nitrogen and oxygen atoms in total. The van der Waals surface area contributed by atoms with E-state index in [0.717, 1.165) is 30.2 Å². The van der Waals surface area contributed by atoms with Crippen LogP contribution in [0.3, 0.4) is 0 Å². The van der Waals surface area contributed by atoms with Crippen molar-refractivity contribution >= 4 is 22.7 Å². The summed E-state index contributed by atoms with van der Waals surface area (Å²) < 4.78 is 7.10. The van der Waals surface area contributed by atoms with Crippen LogP contribution in [0.25, 0.3) is 11.0 Å². The molecule has 0 N–H and O–H groups in total. The zero-order chi connectivity index (χ0) is 25.5. The molecule has 8 heteroatoms. The van der Waals surface area contributed by atoms with Crippen LogP contribution in [0.4, 0.5) is 0 Å². The van der Waals surface area contributed by atoms with E-state index in [-0.39, 0.29) is 29.6 Å². The molecule has 4 aliphatic rings. The molecule has 2 saturated heterocycles. The van der Waals surface area contributed by atoms with Crippen molar-refractivity contribution in [1.82, 2.24) is 14.5 Å². The van der Waals surface area contributed by atoms with Gasteiger partial charge in [-0.25, -0.2) is 9.78 Å². The summed E-state index contributed by atoms with van der Waals surface area (Å²) in [5.41, 5.74) is 1.01. The van der Waals surface area contributed by atoms with Crippen LogP contribution in [0.15, 0.2) is 34.2 Å². The molecule has 6 rings (SSSR count). The number of fused-ring (bicyclic) bond motifs is 5. The van der Waals surface area contributed by atoms with E-state index in [9.17, 15) is 9.59 Å². The molecular weight excluding hydrogens is 468 g/mol. The van der Waals surface area contributed by atoms with E-state index >= 15 is 0 Å². The summed E-state index contributed by atoms with van der Waals surface area (Å²) in [6.45, 7) is 1.90. The number of carbonyl (C=O) groups excluding carboxylic acids is 1. The molecule has 37 heavy (non-hydrogen) atoms. The number of benzene rings is 1. The van der Waals surface area contributed by atoms with E-state index in [0.29, 0.717) is 23.6 Å². The van der Waals surface area contributed by atoms with Crippen molar-refractivity contribution in [2.45, 2.75) is 95.3 Å². The molecule has 1 aromatic heterocycles. The number of hydrogen-bond donors (Lipinski definition) is 0. The summed E-state index contributed by atoms with van der Waals surface area (Å²) in [5.74, 6) is 1.02. The highest BCUT2D eigenvalue weighted by Gasteiger charge is 2.51. The molecule has 2 aliphatic heterocycles. The van der Waals surface area contributed by atoms with Crippen LogP contribution in [0.1, 0.15) is 82.9 Å². The van der Waals surface area contributed by atoms with Gasteiger partial charge in [0.2, 0.25) is 5.71 Å². The van der Waals surface area contributed by atoms with Gasteiger partial charge in [-0.05, 0) is 69.4 Å². The SMILES string of the molecule is CCOC(=O)/C(=N\OC)c1nc2ccccc2n([C@@H]2C[C@@H]3CC[C@H]2N3C2CC3CCCCC(C3)C2)c1=O. The Morgan fingerprint density at radius 2 is 1.76 bits per heavy atom. The van der Waals surface area contributed by atoms with Gasteiger partial charge >= 0.3 is 5.97 Å². The summed E-state index contributed by atoms with van der Waals surface area (Å²) in [6, 6.07) is 9.23. The zero-order valence-electron chi connectivity index (χ0n) is 22.0. The molecule has 3 heterocycles. The van der Waals surface area contributed by atoms with Gasteiger partial charge in [0.25, 0.3) is 5.56 Å². The second-order valence-corrected chi connectivity index (χ2v) is 11.4. The van der Waals surface area contributed by atoms with E-state index in [4.69, 9.17) is 9.57 Å². The van der Waals surface area contributed by atoms with Gasteiger partial charge in [0, 0.05) is 18.1 Å². The van der Waals surface area contributed by atoms with Crippen molar-refractivity contribution < 1.29 is 14.4 Å². The molecule has 0 spiro atoms. The van der Waals surface area contributed by atoms with Gasteiger partial charge in [0.05, 0.1) is 23.7 Å². The second kappa shape index (κ2) is 10.2. The van der Waals surface area contributed by atoms with Gasteiger partial charge in [-0.15, -0.1) is 0 Å². The van der Waals surface area contributed by atoms with Crippen LogP contribution < -0.4 is 5.56 Å². The fourth-order valence-corrected chi connectivity index (χ4v) is 8.06. The Morgan fingerprint density at radius 3 is 2.49 bits per heavy atom. The lowest BCUT2D eigenvalue weighted by Crippen LogP contribution is -2.45. The number of carbonyl (C=O) groups is 1. The summed E-state index contributed by atoms with van der Waals surface area (Å²) >= 11 is 0. The zero-order valence-corrected chi connectivity index (χ0v) is 22.0. The Bertz CT molecular complexity index is 1240. The number of rotatable bonds is 6. The van der Waals surface area contributed by atoms with Crippen LogP contribution in [-0.4, -0.2) is 58.0 Å². The summed E-state index contributed by atoms with van der Waals surface area (Å²) in [6.07, 6.45) is 12.8. The highest BCUT2D eigenvalue weighted by molar-refractivity contribution is 6.42. The third-order valence-electron chi connectivity index (χ3n) is 9.33. The molecule has 2 aromatic rings. The molecule has 0 radical (unpaired) electrons. The maximum absolute atomic E-state index is 14.1. The average Bonchev–Trinajstić information content (AvgIpc) is 3.42. The van der Waals surface area contributed by atoms with Gasteiger partial charge in [-0.1, -0.05) is 43.0 Å². The quantitative estimate of drug-likeness (QED) is 0.327. The third kappa shape index (κ3) is 4.37. The van der Waals surface area contributed by atoms with Crippen LogP contribution >= 0.6 is 0 Å². The van der Waals surface area contributed by atoms with Crippen molar-refractivity contribution in [1.29, 1.82) is 0 Å². The van der Waals surface area contributed by atoms with E-state index in [1.165, 1.54) is 58.5 Å². The van der Waals surface area contributed by atoms with E-state index in [1.807, 2.05) is 28.8 Å². The molecule has 2 saturated carbocycles. The van der Waals surface area contributed by atoms with Gasteiger partial charge in [-0.2, -0.15) is 0 Å². The lowest BCUT2D eigenvalue weighted by Gasteiger charge is -2.41. The molecule has 198 valence electrons. The fraction of sp³-hybridized carbons (Fsp3) is 0.655. The summed E-state index contributed by atoms with van der Waals surface area (Å²) in [4.78, 5) is 39.2. The molecule has 0 amide bonds. The molecular formula is C29H38N4O4.